The van der Waals surface area contributed by atoms with Gasteiger partial charge in [0.2, 0.25) is 11.8 Å². The fourth-order valence-corrected chi connectivity index (χ4v) is 4.09. The summed E-state index contributed by atoms with van der Waals surface area (Å²) in [5.41, 5.74) is 4.06. The zero-order chi connectivity index (χ0) is 23.4. The first-order valence-corrected chi connectivity index (χ1v) is 11.4. The van der Waals surface area contributed by atoms with E-state index in [0.717, 1.165) is 22.4 Å². The van der Waals surface area contributed by atoms with Gasteiger partial charge in [-0.2, -0.15) is 0 Å². The van der Waals surface area contributed by atoms with E-state index in [1.807, 2.05) is 67.6 Å². The molecule has 1 atom stereocenters. The van der Waals surface area contributed by atoms with Crippen molar-refractivity contribution in [1.29, 1.82) is 0 Å². The number of ether oxygens (including phenoxy) is 1. The van der Waals surface area contributed by atoms with Crippen LogP contribution < -0.4 is 10.1 Å². The average molecular weight is 443 g/mol. The molecule has 1 N–H and O–H groups in total. The Hall–Kier alpha value is -3.60. The Bertz CT molecular complexity index is 1120. The fourth-order valence-electron chi connectivity index (χ4n) is 4.09. The summed E-state index contributed by atoms with van der Waals surface area (Å²) in [6.07, 6.45) is 0.241. The van der Waals surface area contributed by atoms with E-state index in [-0.39, 0.29) is 24.2 Å². The Kier molecular flexibility index (Phi) is 6.78. The Morgan fingerprint density at radius 1 is 1.06 bits per heavy atom. The molecular weight excluding hydrogens is 412 g/mol. The van der Waals surface area contributed by atoms with Gasteiger partial charge in [0.25, 0.3) is 0 Å². The summed E-state index contributed by atoms with van der Waals surface area (Å²) in [5.74, 6) is 1.46. The average Bonchev–Trinajstić information content (AvgIpc) is 3.16. The second-order valence-corrected chi connectivity index (χ2v) is 8.97. The van der Waals surface area contributed by atoms with Gasteiger partial charge in [-0.3, -0.25) is 9.59 Å². The molecule has 4 rings (SSSR count). The monoisotopic (exact) mass is 442 g/mol. The number of hydrogen-bond acceptors (Lipinski definition) is 3. The number of rotatable bonds is 7. The van der Waals surface area contributed by atoms with Crippen LogP contribution >= 0.6 is 0 Å². The predicted octanol–water partition coefficient (Wildman–Crippen LogP) is 5.90. The molecule has 0 unspecified atom stereocenters. The molecule has 1 fully saturated rings. The molecule has 0 spiro atoms. The van der Waals surface area contributed by atoms with Crippen LogP contribution in [0, 0.1) is 12.8 Å². The zero-order valence-corrected chi connectivity index (χ0v) is 19.4. The number of amides is 2. The molecule has 2 amide bonds. The van der Waals surface area contributed by atoms with Crippen LogP contribution in [0.25, 0.3) is 0 Å². The Labute approximate surface area is 195 Å². The highest BCUT2D eigenvalue weighted by Crippen LogP contribution is 2.32. The van der Waals surface area contributed by atoms with Crippen LogP contribution in [-0.2, 0) is 16.1 Å². The SMILES string of the molecule is Cc1ccc(C(C)C)c(Oc2ccc(NC(=O)[C@H]3CC(=O)N(Cc4ccccc4)C3)cc2)c1. The summed E-state index contributed by atoms with van der Waals surface area (Å²) in [7, 11) is 0. The molecular formula is C28H30N2O3. The van der Waals surface area contributed by atoms with Crippen molar-refractivity contribution in [2.75, 3.05) is 11.9 Å². The van der Waals surface area contributed by atoms with Gasteiger partial charge in [0.15, 0.2) is 0 Å². The van der Waals surface area contributed by atoms with Crippen LogP contribution in [0.2, 0.25) is 0 Å². The second-order valence-electron chi connectivity index (χ2n) is 8.97. The molecule has 33 heavy (non-hydrogen) atoms. The van der Waals surface area contributed by atoms with Crippen LogP contribution in [0.5, 0.6) is 11.5 Å². The van der Waals surface area contributed by atoms with Gasteiger partial charge in [0.05, 0.1) is 5.92 Å². The highest BCUT2D eigenvalue weighted by Gasteiger charge is 2.34. The van der Waals surface area contributed by atoms with Gasteiger partial charge < -0.3 is 15.0 Å². The van der Waals surface area contributed by atoms with Gasteiger partial charge in [0, 0.05) is 25.2 Å². The zero-order valence-electron chi connectivity index (χ0n) is 19.4. The molecule has 3 aromatic carbocycles. The molecule has 5 heteroatoms. The van der Waals surface area contributed by atoms with E-state index < -0.39 is 0 Å². The quantitative estimate of drug-likeness (QED) is 0.496. The Balaban J connectivity index is 1.36. The molecule has 1 aliphatic rings. The van der Waals surface area contributed by atoms with E-state index in [4.69, 9.17) is 4.74 Å². The number of nitrogens with zero attached hydrogens (tertiary/aromatic N) is 1. The second kappa shape index (κ2) is 9.90. The van der Waals surface area contributed by atoms with E-state index in [0.29, 0.717) is 30.4 Å². The topological polar surface area (TPSA) is 58.6 Å². The smallest absolute Gasteiger partial charge is 0.229 e. The van der Waals surface area contributed by atoms with Crippen molar-refractivity contribution in [2.24, 2.45) is 5.92 Å². The highest BCUT2D eigenvalue weighted by atomic mass is 16.5. The van der Waals surface area contributed by atoms with Crippen molar-refractivity contribution >= 4 is 17.5 Å². The number of likely N-dealkylation sites (tertiary alicyclic amines) is 1. The highest BCUT2D eigenvalue weighted by molar-refractivity contribution is 5.97. The van der Waals surface area contributed by atoms with E-state index in [1.54, 1.807) is 4.90 Å². The number of benzene rings is 3. The van der Waals surface area contributed by atoms with Gasteiger partial charge in [-0.25, -0.2) is 0 Å². The molecule has 0 saturated carbocycles. The van der Waals surface area contributed by atoms with Crippen molar-refractivity contribution in [2.45, 2.75) is 39.7 Å². The molecule has 1 heterocycles. The lowest BCUT2D eigenvalue weighted by Crippen LogP contribution is -2.28. The van der Waals surface area contributed by atoms with Crippen molar-refractivity contribution in [1.82, 2.24) is 4.90 Å². The first-order valence-electron chi connectivity index (χ1n) is 11.4. The molecule has 0 bridgehead atoms. The van der Waals surface area contributed by atoms with Gasteiger partial charge in [-0.15, -0.1) is 0 Å². The fraction of sp³-hybridized carbons (Fsp3) is 0.286. The van der Waals surface area contributed by atoms with Gasteiger partial charge in [0.1, 0.15) is 11.5 Å². The van der Waals surface area contributed by atoms with Crippen LogP contribution in [0.15, 0.2) is 72.8 Å². The molecule has 0 aliphatic carbocycles. The molecule has 5 nitrogen and oxygen atoms in total. The first-order chi connectivity index (χ1) is 15.9. The lowest BCUT2D eigenvalue weighted by molar-refractivity contribution is -0.128. The maximum absolute atomic E-state index is 12.8. The Morgan fingerprint density at radius 3 is 2.48 bits per heavy atom. The largest absolute Gasteiger partial charge is 0.457 e. The van der Waals surface area contributed by atoms with Crippen molar-refractivity contribution in [3.8, 4) is 11.5 Å². The first kappa shape index (κ1) is 22.6. The summed E-state index contributed by atoms with van der Waals surface area (Å²) in [6.45, 7) is 7.30. The van der Waals surface area contributed by atoms with Crippen molar-refractivity contribution in [3.05, 3.63) is 89.5 Å². The van der Waals surface area contributed by atoms with Gasteiger partial charge >= 0.3 is 0 Å². The van der Waals surface area contributed by atoms with Crippen molar-refractivity contribution in [3.63, 3.8) is 0 Å². The maximum Gasteiger partial charge on any atom is 0.229 e. The van der Waals surface area contributed by atoms with E-state index >= 15 is 0 Å². The van der Waals surface area contributed by atoms with Crippen molar-refractivity contribution < 1.29 is 14.3 Å². The van der Waals surface area contributed by atoms with Gasteiger partial charge in [-0.1, -0.05) is 56.3 Å². The minimum absolute atomic E-state index is 0.0156. The minimum Gasteiger partial charge on any atom is -0.457 e. The third-order valence-corrected chi connectivity index (χ3v) is 5.94. The molecule has 170 valence electrons. The van der Waals surface area contributed by atoms with Crippen LogP contribution in [0.1, 0.15) is 42.9 Å². The molecule has 1 aliphatic heterocycles. The van der Waals surface area contributed by atoms with Gasteiger partial charge in [-0.05, 0) is 59.9 Å². The predicted molar refractivity (Wildman–Crippen MR) is 130 cm³/mol. The number of anilines is 1. The molecule has 3 aromatic rings. The van der Waals surface area contributed by atoms with Crippen LogP contribution in [0.3, 0.4) is 0 Å². The van der Waals surface area contributed by atoms with E-state index in [2.05, 4.69) is 31.3 Å². The number of carbonyl (C=O) groups excluding carboxylic acids is 2. The lowest BCUT2D eigenvalue weighted by atomic mass is 10.0. The summed E-state index contributed by atoms with van der Waals surface area (Å²) in [6, 6.07) is 23.4. The number of aryl methyl sites for hydroxylation is 1. The number of hydrogen-bond donors (Lipinski definition) is 1. The third kappa shape index (κ3) is 5.61. The Morgan fingerprint density at radius 2 is 1.79 bits per heavy atom. The maximum atomic E-state index is 12.8. The minimum atomic E-state index is -0.349. The summed E-state index contributed by atoms with van der Waals surface area (Å²) < 4.78 is 6.13. The molecule has 1 saturated heterocycles. The summed E-state index contributed by atoms with van der Waals surface area (Å²) >= 11 is 0. The number of carbonyl (C=O) groups is 2. The van der Waals surface area contributed by atoms with Crippen LogP contribution in [-0.4, -0.2) is 23.3 Å². The molecule has 0 radical (unpaired) electrons. The number of nitrogens with one attached hydrogen (secondary N) is 1. The summed E-state index contributed by atoms with van der Waals surface area (Å²) in [4.78, 5) is 26.9. The molecule has 0 aromatic heterocycles. The standard InChI is InChI=1S/C28H30N2O3/c1-19(2)25-14-9-20(3)15-26(25)33-24-12-10-23(11-13-24)29-28(32)22-16-27(31)30(18-22)17-21-7-5-4-6-8-21/h4-15,19,22H,16-18H2,1-3H3,(H,29,32)/t22-/m0/s1. The normalized spacial score (nSPS) is 15.7. The van der Waals surface area contributed by atoms with E-state index in [9.17, 15) is 9.59 Å². The van der Waals surface area contributed by atoms with E-state index in [1.165, 1.54) is 0 Å². The lowest BCUT2D eigenvalue weighted by Gasteiger charge is -2.17. The summed E-state index contributed by atoms with van der Waals surface area (Å²) in [5, 5.41) is 2.95. The van der Waals surface area contributed by atoms with Crippen LogP contribution in [0.4, 0.5) is 5.69 Å². The third-order valence-electron chi connectivity index (χ3n) is 5.94.